The standard InChI is InChI=1S/C39H74O5/c1-3-5-7-9-11-13-15-17-18-20-22-24-26-28-30-32-36(41)35(33-37(42)39(44)38(43)34-40)31-29-27-25-23-21-19-16-14-12-10-8-6-4-2/h19,21,35,38-40,43-44H,3-18,20,22-34H2,1-2H3/b21-19-. The maximum atomic E-state index is 13.1. The molecular weight excluding hydrogens is 548 g/mol. The predicted octanol–water partition coefficient (Wildman–Crippen LogP) is 10.4. The molecule has 3 unspecified atom stereocenters. The molecule has 0 aliphatic carbocycles. The van der Waals surface area contributed by atoms with E-state index < -0.39 is 30.5 Å². The molecule has 0 heterocycles. The van der Waals surface area contributed by atoms with Gasteiger partial charge in [0.1, 0.15) is 18.0 Å². The molecule has 0 aliphatic rings. The molecule has 0 spiro atoms. The topological polar surface area (TPSA) is 94.8 Å². The summed E-state index contributed by atoms with van der Waals surface area (Å²) in [4.78, 5) is 25.6. The zero-order valence-corrected chi connectivity index (χ0v) is 29.3. The number of aliphatic hydroxyl groups excluding tert-OH is 3. The Morgan fingerprint density at radius 3 is 1.34 bits per heavy atom. The minimum atomic E-state index is -1.63. The van der Waals surface area contributed by atoms with E-state index in [4.69, 9.17) is 5.11 Å². The van der Waals surface area contributed by atoms with E-state index in [9.17, 15) is 19.8 Å². The molecule has 5 nitrogen and oxygen atoms in total. The van der Waals surface area contributed by atoms with E-state index in [0.29, 0.717) is 12.8 Å². The first-order valence-corrected chi connectivity index (χ1v) is 19.1. The lowest BCUT2D eigenvalue weighted by Gasteiger charge is -2.19. The first-order valence-electron chi connectivity index (χ1n) is 19.1. The summed E-state index contributed by atoms with van der Waals surface area (Å²) in [5, 5.41) is 28.8. The normalized spacial score (nSPS) is 13.8. The molecule has 0 rings (SSSR count). The van der Waals surface area contributed by atoms with Crippen molar-refractivity contribution in [2.24, 2.45) is 5.92 Å². The van der Waals surface area contributed by atoms with E-state index in [0.717, 1.165) is 51.4 Å². The smallest absolute Gasteiger partial charge is 0.164 e. The minimum absolute atomic E-state index is 0.0477. The first-order chi connectivity index (χ1) is 21.5. The Balaban J connectivity index is 4.17. The molecule has 0 aromatic carbocycles. The predicted molar refractivity (Wildman–Crippen MR) is 187 cm³/mol. The summed E-state index contributed by atoms with van der Waals surface area (Å²) < 4.78 is 0. The van der Waals surface area contributed by atoms with Crippen molar-refractivity contribution < 1.29 is 24.9 Å². The van der Waals surface area contributed by atoms with Gasteiger partial charge in [0.05, 0.1) is 6.61 Å². The van der Waals surface area contributed by atoms with Gasteiger partial charge in [-0.3, -0.25) is 9.59 Å². The van der Waals surface area contributed by atoms with Crippen molar-refractivity contribution in [1.29, 1.82) is 0 Å². The molecule has 5 heteroatoms. The van der Waals surface area contributed by atoms with Crippen LogP contribution >= 0.6 is 0 Å². The molecule has 0 aliphatic heterocycles. The van der Waals surface area contributed by atoms with Crippen LogP contribution in [0.2, 0.25) is 0 Å². The van der Waals surface area contributed by atoms with Gasteiger partial charge in [0, 0.05) is 18.8 Å². The number of allylic oxidation sites excluding steroid dienone is 2. The van der Waals surface area contributed by atoms with Crippen molar-refractivity contribution >= 4 is 11.6 Å². The first kappa shape index (κ1) is 43.0. The summed E-state index contributed by atoms with van der Waals surface area (Å²) in [6.45, 7) is 3.84. The zero-order chi connectivity index (χ0) is 32.5. The molecule has 0 radical (unpaired) electrons. The van der Waals surface area contributed by atoms with Crippen molar-refractivity contribution in [1.82, 2.24) is 0 Å². The maximum Gasteiger partial charge on any atom is 0.164 e. The third kappa shape index (κ3) is 27.3. The summed E-state index contributed by atoms with van der Waals surface area (Å²) in [6.07, 6.45) is 34.9. The van der Waals surface area contributed by atoms with Gasteiger partial charge in [-0.25, -0.2) is 0 Å². The van der Waals surface area contributed by atoms with Gasteiger partial charge in [-0.05, 0) is 38.5 Å². The highest BCUT2D eigenvalue weighted by molar-refractivity contribution is 5.90. The third-order valence-electron chi connectivity index (χ3n) is 9.13. The van der Waals surface area contributed by atoms with Crippen LogP contribution in [0.4, 0.5) is 0 Å². The van der Waals surface area contributed by atoms with Crippen molar-refractivity contribution in [2.45, 2.75) is 212 Å². The molecule has 0 aromatic rings. The number of carbonyl (C=O) groups is 2. The molecule has 260 valence electrons. The Labute approximate surface area is 273 Å². The van der Waals surface area contributed by atoms with Crippen LogP contribution < -0.4 is 0 Å². The number of hydrogen-bond donors (Lipinski definition) is 3. The number of carbonyl (C=O) groups excluding carboxylic acids is 2. The Bertz CT molecular complexity index is 661. The van der Waals surface area contributed by atoms with E-state index in [1.807, 2.05) is 0 Å². The van der Waals surface area contributed by atoms with Gasteiger partial charge < -0.3 is 15.3 Å². The number of rotatable bonds is 35. The zero-order valence-electron chi connectivity index (χ0n) is 29.3. The molecule has 44 heavy (non-hydrogen) atoms. The molecule has 0 saturated heterocycles. The van der Waals surface area contributed by atoms with Gasteiger partial charge in [0.15, 0.2) is 5.78 Å². The summed E-state index contributed by atoms with van der Waals surface area (Å²) in [5.74, 6) is -0.838. The van der Waals surface area contributed by atoms with Crippen LogP contribution in [0.25, 0.3) is 0 Å². The van der Waals surface area contributed by atoms with Crippen molar-refractivity contribution in [2.75, 3.05) is 6.61 Å². The minimum Gasteiger partial charge on any atom is -0.394 e. The molecule has 3 N–H and O–H groups in total. The van der Waals surface area contributed by atoms with Crippen LogP contribution in [-0.4, -0.2) is 45.7 Å². The maximum absolute atomic E-state index is 13.1. The molecule has 0 saturated carbocycles. The molecule has 0 bridgehead atoms. The lowest BCUT2D eigenvalue weighted by Crippen LogP contribution is -2.38. The Morgan fingerprint density at radius 1 is 0.523 bits per heavy atom. The Morgan fingerprint density at radius 2 is 0.909 bits per heavy atom. The van der Waals surface area contributed by atoms with E-state index in [1.165, 1.54) is 116 Å². The van der Waals surface area contributed by atoms with Gasteiger partial charge in [0.25, 0.3) is 0 Å². The second-order valence-electron chi connectivity index (χ2n) is 13.4. The van der Waals surface area contributed by atoms with Crippen molar-refractivity contribution in [3.63, 3.8) is 0 Å². The van der Waals surface area contributed by atoms with Crippen LogP contribution in [-0.2, 0) is 9.59 Å². The van der Waals surface area contributed by atoms with Gasteiger partial charge >= 0.3 is 0 Å². The SMILES string of the molecule is CCCCCCCC/C=C\CCCCCC(CC(=O)C(O)C(O)CO)C(=O)CCCCCCCCCCCCCCCCC. The monoisotopic (exact) mass is 623 g/mol. The third-order valence-corrected chi connectivity index (χ3v) is 9.13. The lowest BCUT2D eigenvalue weighted by atomic mass is 9.87. The lowest BCUT2D eigenvalue weighted by molar-refractivity contribution is -0.138. The average Bonchev–Trinajstić information content (AvgIpc) is 3.03. The van der Waals surface area contributed by atoms with Crippen LogP contribution in [0.5, 0.6) is 0 Å². The fourth-order valence-electron chi connectivity index (χ4n) is 6.04. The molecule has 0 fully saturated rings. The highest BCUT2D eigenvalue weighted by Gasteiger charge is 2.28. The number of ketones is 2. The highest BCUT2D eigenvalue weighted by Crippen LogP contribution is 2.21. The Hall–Kier alpha value is -1.04. The van der Waals surface area contributed by atoms with Crippen LogP contribution in [0.3, 0.4) is 0 Å². The number of hydrogen-bond acceptors (Lipinski definition) is 5. The van der Waals surface area contributed by atoms with Gasteiger partial charge in [0.2, 0.25) is 0 Å². The van der Waals surface area contributed by atoms with Gasteiger partial charge in [-0.2, -0.15) is 0 Å². The second-order valence-corrected chi connectivity index (χ2v) is 13.4. The van der Waals surface area contributed by atoms with E-state index >= 15 is 0 Å². The molecular formula is C39H74O5. The van der Waals surface area contributed by atoms with E-state index in [1.54, 1.807) is 0 Å². The molecule has 0 aromatic heterocycles. The van der Waals surface area contributed by atoms with Crippen LogP contribution in [0.1, 0.15) is 200 Å². The number of aliphatic hydroxyl groups is 3. The average molecular weight is 623 g/mol. The fraction of sp³-hybridized carbons (Fsp3) is 0.897. The quantitative estimate of drug-likeness (QED) is 0.0483. The summed E-state index contributed by atoms with van der Waals surface area (Å²) in [6, 6.07) is 0. The highest BCUT2D eigenvalue weighted by atomic mass is 16.4. The summed E-state index contributed by atoms with van der Waals surface area (Å²) in [5.41, 5.74) is 0. The molecule has 0 amide bonds. The fourth-order valence-corrected chi connectivity index (χ4v) is 6.04. The summed E-state index contributed by atoms with van der Waals surface area (Å²) >= 11 is 0. The van der Waals surface area contributed by atoms with E-state index in [2.05, 4.69) is 26.0 Å². The summed E-state index contributed by atoms with van der Waals surface area (Å²) in [7, 11) is 0. The van der Waals surface area contributed by atoms with Crippen LogP contribution in [0.15, 0.2) is 12.2 Å². The molecule has 3 atom stereocenters. The van der Waals surface area contributed by atoms with Crippen molar-refractivity contribution in [3.05, 3.63) is 12.2 Å². The van der Waals surface area contributed by atoms with E-state index in [-0.39, 0.29) is 12.2 Å². The number of unbranched alkanes of at least 4 members (excludes halogenated alkanes) is 23. The Kier molecular flexibility index (Phi) is 32.5. The van der Waals surface area contributed by atoms with Gasteiger partial charge in [-0.15, -0.1) is 0 Å². The van der Waals surface area contributed by atoms with Crippen molar-refractivity contribution in [3.8, 4) is 0 Å². The number of Topliss-reactive ketones (excluding diaryl/α,β-unsaturated/α-hetero) is 2. The van der Waals surface area contributed by atoms with Crippen LogP contribution in [0, 0.1) is 5.92 Å². The largest absolute Gasteiger partial charge is 0.394 e. The second kappa shape index (κ2) is 33.3. The van der Waals surface area contributed by atoms with Gasteiger partial charge in [-0.1, -0.05) is 161 Å².